The van der Waals surface area contributed by atoms with Crippen molar-refractivity contribution in [3.8, 4) is 0 Å². The number of amides is 1. The molecule has 0 heterocycles. The van der Waals surface area contributed by atoms with Crippen molar-refractivity contribution in [3.05, 3.63) is 12.2 Å². The molecule has 16 heavy (non-hydrogen) atoms. The van der Waals surface area contributed by atoms with Crippen molar-refractivity contribution in [1.29, 1.82) is 0 Å². The van der Waals surface area contributed by atoms with Gasteiger partial charge in [0.25, 0.3) is 0 Å². The maximum Gasteiger partial charge on any atom is 0.408 e. The number of alkyl carbamates (subject to hydrolysis) is 1. The van der Waals surface area contributed by atoms with E-state index in [-0.39, 0.29) is 12.1 Å². The maximum atomic E-state index is 11.6. The first-order valence-electron chi connectivity index (χ1n) is 5.87. The number of hydrogen-bond acceptors (Lipinski definition) is 2. The zero-order valence-electron chi connectivity index (χ0n) is 11.3. The highest BCUT2D eigenvalue weighted by Crippen LogP contribution is 2.09. The lowest BCUT2D eigenvalue weighted by atomic mass is 10.0. The predicted molar refractivity (Wildman–Crippen MR) is 67.4 cm³/mol. The maximum absolute atomic E-state index is 11.6. The molecule has 0 aromatic heterocycles. The van der Waals surface area contributed by atoms with Gasteiger partial charge in [-0.2, -0.15) is 0 Å². The standard InChI is InChI=1S/C13H25NO2/c1-7-8-11(9-10(2)3)14-12(15)16-13(4,5)6/h7-8,10-11H,9H2,1-6H3,(H,14,15)/b8-7-/t11-/m1/s1. The van der Waals surface area contributed by atoms with Crippen LogP contribution in [-0.4, -0.2) is 17.7 Å². The summed E-state index contributed by atoms with van der Waals surface area (Å²) in [5.74, 6) is 0.538. The van der Waals surface area contributed by atoms with Gasteiger partial charge in [0, 0.05) is 0 Å². The number of nitrogens with one attached hydrogen (secondary N) is 1. The molecule has 3 nitrogen and oxygen atoms in total. The first-order valence-corrected chi connectivity index (χ1v) is 5.87. The summed E-state index contributed by atoms with van der Waals surface area (Å²) in [5, 5.41) is 2.86. The van der Waals surface area contributed by atoms with Gasteiger partial charge in [0.05, 0.1) is 6.04 Å². The molecule has 0 aliphatic rings. The molecular formula is C13H25NO2. The largest absolute Gasteiger partial charge is 0.444 e. The summed E-state index contributed by atoms with van der Waals surface area (Å²) < 4.78 is 5.21. The van der Waals surface area contributed by atoms with Gasteiger partial charge in [-0.15, -0.1) is 0 Å². The third-order valence-corrected chi connectivity index (χ3v) is 1.85. The van der Waals surface area contributed by atoms with Crippen molar-refractivity contribution in [2.24, 2.45) is 5.92 Å². The zero-order chi connectivity index (χ0) is 12.8. The van der Waals surface area contributed by atoms with Gasteiger partial charge in [-0.1, -0.05) is 26.0 Å². The molecule has 3 heteroatoms. The molecule has 0 saturated carbocycles. The van der Waals surface area contributed by atoms with Crippen LogP contribution in [0.15, 0.2) is 12.2 Å². The molecule has 1 amide bonds. The minimum absolute atomic E-state index is 0.0554. The number of rotatable bonds is 4. The Balaban J connectivity index is 4.24. The van der Waals surface area contributed by atoms with Crippen LogP contribution in [0.4, 0.5) is 4.79 Å². The Morgan fingerprint density at radius 2 is 1.94 bits per heavy atom. The van der Waals surface area contributed by atoms with Crippen molar-refractivity contribution >= 4 is 6.09 Å². The Morgan fingerprint density at radius 3 is 2.31 bits per heavy atom. The van der Waals surface area contributed by atoms with E-state index >= 15 is 0 Å². The fraction of sp³-hybridized carbons (Fsp3) is 0.769. The average molecular weight is 227 g/mol. The lowest BCUT2D eigenvalue weighted by Crippen LogP contribution is -2.38. The van der Waals surface area contributed by atoms with Gasteiger partial charge in [-0.05, 0) is 40.0 Å². The summed E-state index contributed by atoms with van der Waals surface area (Å²) >= 11 is 0. The van der Waals surface area contributed by atoms with Gasteiger partial charge in [0.2, 0.25) is 0 Å². The molecule has 1 N–H and O–H groups in total. The number of ether oxygens (including phenoxy) is 1. The summed E-state index contributed by atoms with van der Waals surface area (Å²) in [6.45, 7) is 11.8. The first kappa shape index (κ1) is 15.0. The minimum atomic E-state index is -0.442. The summed E-state index contributed by atoms with van der Waals surface area (Å²) in [4.78, 5) is 11.6. The molecule has 0 aliphatic carbocycles. The summed E-state index contributed by atoms with van der Waals surface area (Å²) in [6.07, 6.45) is 4.51. The van der Waals surface area contributed by atoms with E-state index in [1.54, 1.807) is 0 Å². The second-order valence-corrected chi connectivity index (χ2v) is 5.41. The predicted octanol–water partition coefficient (Wildman–Crippen LogP) is 3.50. The first-order chi connectivity index (χ1) is 7.24. The Morgan fingerprint density at radius 1 is 1.38 bits per heavy atom. The van der Waals surface area contributed by atoms with Gasteiger partial charge in [0.1, 0.15) is 5.60 Å². The molecule has 0 unspecified atom stereocenters. The fourth-order valence-corrected chi connectivity index (χ4v) is 1.38. The van der Waals surface area contributed by atoms with Crippen LogP contribution >= 0.6 is 0 Å². The molecule has 0 bridgehead atoms. The quantitative estimate of drug-likeness (QED) is 0.746. The Labute approximate surface area is 99.3 Å². The third kappa shape index (κ3) is 8.33. The molecule has 0 fully saturated rings. The van der Waals surface area contributed by atoms with E-state index in [9.17, 15) is 4.79 Å². The van der Waals surface area contributed by atoms with E-state index in [4.69, 9.17) is 4.74 Å². The second-order valence-electron chi connectivity index (χ2n) is 5.41. The van der Waals surface area contributed by atoms with Gasteiger partial charge in [-0.3, -0.25) is 0 Å². The third-order valence-electron chi connectivity index (χ3n) is 1.85. The van der Waals surface area contributed by atoms with Crippen molar-refractivity contribution in [1.82, 2.24) is 5.32 Å². The monoisotopic (exact) mass is 227 g/mol. The van der Waals surface area contributed by atoms with Crippen molar-refractivity contribution in [3.63, 3.8) is 0 Å². The summed E-state index contributed by atoms with van der Waals surface area (Å²) in [6, 6.07) is 0.0554. The van der Waals surface area contributed by atoms with Gasteiger partial charge < -0.3 is 10.1 Å². The molecule has 0 aliphatic heterocycles. The second kappa shape index (κ2) is 6.56. The van der Waals surface area contributed by atoms with Crippen LogP contribution in [0.5, 0.6) is 0 Å². The minimum Gasteiger partial charge on any atom is -0.444 e. The van der Waals surface area contributed by atoms with Crippen molar-refractivity contribution in [2.75, 3.05) is 0 Å². The number of carbonyl (C=O) groups excluding carboxylic acids is 1. The molecule has 1 atom stereocenters. The van der Waals surface area contributed by atoms with Crippen molar-refractivity contribution in [2.45, 2.75) is 59.6 Å². The van der Waals surface area contributed by atoms with Crippen LogP contribution in [0, 0.1) is 5.92 Å². The Hall–Kier alpha value is -0.990. The van der Waals surface area contributed by atoms with Crippen LogP contribution in [0.1, 0.15) is 48.0 Å². The average Bonchev–Trinajstić information content (AvgIpc) is 1.98. The number of carbonyl (C=O) groups is 1. The highest BCUT2D eigenvalue weighted by atomic mass is 16.6. The van der Waals surface area contributed by atoms with Crippen LogP contribution in [0.2, 0.25) is 0 Å². The van der Waals surface area contributed by atoms with E-state index in [0.29, 0.717) is 5.92 Å². The smallest absolute Gasteiger partial charge is 0.408 e. The molecule has 0 aromatic rings. The molecule has 94 valence electrons. The van der Waals surface area contributed by atoms with Gasteiger partial charge in [-0.25, -0.2) is 4.79 Å². The summed E-state index contributed by atoms with van der Waals surface area (Å²) in [7, 11) is 0. The number of allylic oxidation sites excluding steroid dienone is 1. The molecule has 0 radical (unpaired) electrons. The summed E-state index contributed by atoms with van der Waals surface area (Å²) in [5.41, 5.74) is -0.442. The molecule has 0 aromatic carbocycles. The zero-order valence-corrected chi connectivity index (χ0v) is 11.3. The lowest BCUT2D eigenvalue weighted by molar-refractivity contribution is 0.0510. The normalized spacial score (nSPS) is 14.2. The molecule has 0 spiro atoms. The fourth-order valence-electron chi connectivity index (χ4n) is 1.38. The van der Waals surface area contributed by atoms with Crippen LogP contribution in [0.3, 0.4) is 0 Å². The Bertz CT molecular complexity index is 239. The highest BCUT2D eigenvalue weighted by molar-refractivity contribution is 5.68. The topological polar surface area (TPSA) is 38.3 Å². The Kier molecular flexibility index (Phi) is 6.16. The van der Waals surface area contributed by atoms with E-state index in [2.05, 4.69) is 19.2 Å². The van der Waals surface area contributed by atoms with E-state index < -0.39 is 5.60 Å². The van der Waals surface area contributed by atoms with Crippen molar-refractivity contribution < 1.29 is 9.53 Å². The SMILES string of the molecule is C/C=C\[C@H](CC(C)C)NC(=O)OC(C)(C)C. The van der Waals surface area contributed by atoms with Gasteiger partial charge >= 0.3 is 6.09 Å². The number of hydrogen-bond donors (Lipinski definition) is 1. The van der Waals surface area contributed by atoms with Crippen LogP contribution < -0.4 is 5.32 Å². The van der Waals surface area contributed by atoms with Crippen LogP contribution in [-0.2, 0) is 4.74 Å². The lowest BCUT2D eigenvalue weighted by Gasteiger charge is -2.23. The van der Waals surface area contributed by atoms with Crippen LogP contribution in [0.25, 0.3) is 0 Å². The molecule has 0 rings (SSSR count). The molecule has 0 saturated heterocycles. The molecular weight excluding hydrogens is 202 g/mol. The van der Waals surface area contributed by atoms with E-state index in [0.717, 1.165) is 6.42 Å². The van der Waals surface area contributed by atoms with E-state index in [1.165, 1.54) is 0 Å². The van der Waals surface area contributed by atoms with Gasteiger partial charge in [0.15, 0.2) is 0 Å². The highest BCUT2D eigenvalue weighted by Gasteiger charge is 2.18. The van der Waals surface area contributed by atoms with E-state index in [1.807, 2.05) is 39.8 Å².